The smallest absolute Gasteiger partial charge is 0.125 e. The van der Waals surface area contributed by atoms with Crippen LogP contribution in [0.5, 0.6) is 5.75 Å². The van der Waals surface area contributed by atoms with Gasteiger partial charge in [-0.15, -0.1) is 0 Å². The zero-order chi connectivity index (χ0) is 26.4. The van der Waals surface area contributed by atoms with Crippen molar-refractivity contribution in [2.24, 2.45) is 0 Å². The van der Waals surface area contributed by atoms with Crippen molar-refractivity contribution in [1.82, 2.24) is 5.06 Å². The average Bonchev–Trinajstić information content (AvgIpc) is 2.97. The zero-order valence-electron chi connectivity index (χ0n) is 21.8. The second kappa shape index (κ2) is 15.1. The van der Waals surface area contributed by atoms with Gasteiger partial charge in [0.2, 0.25) is 0 Å². The molecule has 0 heterocycles. The molecule has 0 fully saturated rings. The van der Waals surface area contributed by atoms with Gasteiger partial charge in [0.25, 0.3) is 0 Å². The molecule has 0 saturated heterocycles. The van der Waals surface area contributed by atoms with Gasteiger partial charge in [0.1, 0.15) is 12.4 Å². The number of nitrogens with zero attached hydrogens (tertiary/aromatic N) is 1. The summed E-state index contributed by atoms with van der Waals surface area (Å²) in [5.74, 6) is 0.614. The predicted octanol–water partition coefficient (Wildman–Crippen LogP) is 6.25. The Bertz CT molecular complexity index is 1200. The molecule has 0 spiro atoms. The number of aliphatic hydroxyl groups excluding tert-OH is 2. The van der Waals surface area contributed by atoms with E-state index in [0.717, 1.165) is 30.4 Å². The summed E-state index contributed by atoms with van der Waals surface area (Å²) in [6, 6.07) is 36.0. The lowest BCUT2D eigenvalue weighted by Crippen LogP contribution is -2.29. The molecule has 198 valence electrons. The van der Waals surface area contributed by atoms with Crippen molar-refractivity contribution in [3.05, 3.63) is 137 Å². The lowest BCUT2D eigenvalue weighted by molar-refractivity contribution is -0.181. The number of ether oxygens (including phenoxy) is 1. The molecule has 1 atom stereocenters. The second-order valence-electron chi connectivity index (χ2n) is 9.40. The van der Waals surface area contributed by atoms with Gasteiger partial charge in [-0.05, 0) is 53.6 Å². The minimum Gasteiger partial charge on any atom is -0.489 e. The van der Waals surface area contributed by atoms with Crippen molar-refractivity contribution >= 4 is 0 Å². The Kier molecular flexibility index (Phi) is 10.9. The van der Waals surface area contributed by atoms with Crippen molar-refractivity contribution in [2.75, 3.05) is 13.2 Å². The number of unbranched alkanes of at least 4 members (excludes halogenated alkanes) is 1. The van der Waals surface area contributed by atoms with Crippen LogP contribution in [-0.2, 0) is 31.0 Å². The molecule has 0 aliphatic carbocycles. The van der Waals surface area contributed by atoms with Crippen molar-refractivity contribution < 1.29 is 19.8 Å². The molecule has 4 rings (SSSR count). The van der Waals surface area contributed by atoms with E-state index in [1.54, 1.807) is 0 Å². The summed E-state index contributed by atoms with van der Waals surface area (Å²) in [6.45, 7) is 1.71. The molecule has 0 aliphatic rings. The van der Waals surface area contributed by atoms with Crippen molar-refractivity contribution in [3.63, 3.8) is 0 Å². The van der Waals surface area contributed by atoms with Crippen LogP contribution in [0.25, 0.3) is 0 Å². The van der Waals surface area contributed by atoms with Crippen LogP contribution >= 0.6 is 0 Å². The summed E-state index contributed by atoms with van der Waals surface area (Å²) in [4.78, 5) is 6.14. The van der Waals surface area contributed by atoms with Crippen LogP contribution in [0.2, 0.25) is 0 Å². The van der Waals surface area contributed by atoms with Gasteiger partial charge in [0, 0.05) is 12.1 Å². The maximum Gasteiger partial charge on any atom is 0.125 e. The third kappa shape index (κ3) is 8.82. The molecule has 0 bridgehead atoms. The van der Waals surface area contributed by atoms with Gasteiger partial charge in [0.05, 0.1) is 25.9 Å². The highest BCUT2D eigenvalue weighted by Gasteiger charge is 2.17. The Labute approximate surface area is 225 Å². The van der Waals surface area contributed by atoms with E-state index in [1.165, 1.54) is 5.56 Å². The molecule has 0 aliphatic heterocycles. The molecule has 0 aromatic heterocycles. The fourth-order valence-corrected chi connectivity index (χ4v) is 4.32. The molecule has 1 unspecified atom stereocenters. The molecular weight excluding hydrogens is 474 g/mol. The molecule has 4 aromatic rings. The standard InChI is InChI=1S/C33H37NO4/c35-25-31-22-30(19-20-33(31)37-26-29-17-8-3-9-18-29)32(36)24-34(23-28-15-6-2-7-16-28)38-21-11-10-14-27-12-4-1-5-13-27/h1-9,12-13,15-20,22,32,35-36H,10-11,14,21,23-26H2. The number of aryl methyl sites for hydroxylation is 1. The van der Waals surface area contributed by atoms with Gasteiger partial charge in [0.15, 0.2) is 0 Å². The minimum atomic E-state index is -0.781. The van der Waals surface area contributed by atoms with Crippen LogP contribution in [0, 0.1) is 0 Å². The van der Waals surface area contributed by atoms with E-state index in [0.29, 0.717) is 43.2 Å². The third-order valence-electron chi connectivity index (χ3n) is 6.43. The van der Waals surface area contributed by atoms with Crippen LogP contribution in [0.3, 0.4) is 0 Å². The Hall–Kier alpha value is -3.48. The SMILES string of the molecule is OCc1cc(C(O)CN(Cc2ccccc2)OCCCCc2ccccc2)ccc1OCc1ccccc1. The van der Waals surface area contributed by atoms with Crippen LogP contribution in [0.15, 0.2) is 109 Å². The predicted molar refractivity (Wildman–Crippen MR) is 150 cm³/mol. The van der Waals surface area contributed by atoms with Crippen LogP contribution in [0.4, 0.5) is 0 Å². The molecule has 2 N–H and O–H groups in total. The molecule has 5 heteroatoms. The van der Waals surface area contributed by atoms with E-state index < -0.39 is 6.10 Å². The summed E-state index contributed by atoms with van der Waals surface area (Å²) < 4.78 is 5.94. The highest BCUT2D eigenvalue weighted by atomic mass is 16.7. The summed E-state index contributed by atoms with van der Waals surface area (Å²) in [5.41, 5.74) is 4.86. The summed E-state index contributed by atoms with van der Waals surface area (Å²) in [5, 5.41) is 22.9. The van der Waals surface area contributed by atoms with E-state index in [9.17, 15) is 10.2 Å². The Morgan fingerprint density at radius 1 is 0.711 bits per heavy atom. The highest BCUT2D eigenvalue weighted by molar-refractivity contribution is 5.38. The van der Waals surface area contributed by atoms with E-state index in [2.05, 4.69) is 36.4 Å². The van der Waals surface area contributed by atoms with E-state index in [-0.39, 0.29) is 6.61 Å². The molecule has 0 radical (unpaired) electrons. The average molecular weight is 512 g/mol. The van der Waals surface area contributed by atoms with E-state index in [4.69, 9.17) is 9.57 Å². The molecule has 5 nitrogen and oxygen atoms in total. The molecular formula is C33H37NO4. The summed E-state index contributed by atoms with van der Waals surface area (Å²) in [6.07, 6.45) is 2.21. The summed E-state index contributed by atoms with van der Waals surface area (Å²) >= 11 is 0. The molecule has 4 aromatic carbocycles. The van der Waals surface area contributed by atoms with Gasteiger partial charge in [-0.2, -0.15) is 5.06 Å². The van der Waals surface area contributed by atoms with E-state index >= 15 is 0 Å². The number of benzene rings is 4. The van der Waals surface area contributed by atoms with E-state index in [1.807, 2.05) is 77.9 Å². The van der Waals surface area contributed by atoms with Gasteiger partial charge < -0.3 is 14.9 Å². The Morgan fingerprint density at radius 3 is 2.00 bits per heavy atom. The van der Waals surface area contributed by atoms with Crippen LogP contribution in [-0.4, -0.2) is 28.4 Å². The lowest BCUT2D eigenvalue weighted by atomic mass is 10.0. The first-order chi connectivity index (χ1) is 18.7. The highest BCUT2D eigenvalue weighted by Crippen LogP contribution is 2.26. The zero-order valence-corrected chi connectivity index (χ0v) is 21.8. The molecule has 0 saturated carbocycles. The lowest BCUT2D eigenvalue weighted by Gasteiger charge is -2.25. The maximum atomic E-state index is 11.1. The minimum absolute atomic E-state index is 0.170. The maximum absolute atomic E-state index is 11.1. The monoisotopic (exact) mass is 511 g/mol. The Balaban J connectivity index is 1.35. The first-order valence-electron chi connectivity index (χ1n) is 13.3. The quantitative estimate of drug-likeness (QED) is 0.146. The molecule has 38 heavy (non-hydrogen) atoms. The van der Waals surface area contributed by atoms with Gasteiger partial charge in [-0.3, -0.25) is 4.84 Å². The second-order valence-corrected chi connectivity index (χ2v) is 9.40. The van der Waals surface area contributed by atoms with Gasteiger partial charge in [-0.1, -0.05) is 97.1 Å². The summed E-state index contributed by atoms with van der Waals surface area (Å²) in [7, 11) is 0. The third-order valence-corrected chi connectivity index (χ3v) is 6.43. The van der Waals surface area contributed by atoms with Crippen molar-refractivity contribution in [3.8, 4) is 5.75 Å². The topological polar surface area (TPSA) is 62.2 Å². The fraction of sp³-hybridized carbons (Fsp3) is 0.273. The first kappa shape index (κ1) is 27.6. The first-order valence-corrected chi connectivity index (χ1v) is 13.3. The van der Waals surface area contributed by atoms with Gasteiger partial charge in [-0.25, -0.2) is 0 Å². The normalized spacial score (nSPS) is 12.0. The number of hydrogen-bond acceptors (Lipinski definition) is 5. The van der Waals surface area contributed by atoms with Crippen molar-refractivity contribution in [1.29, 1.82) is 0 Å². The van der Waals surface area contributed by atoms with Crippen LogP contribution < -0.4 is 4.74 Å². The number of aliphatic hydroxyl groups is 2. The number of hydrogen-bond donors (Lipinski definition) is 2. The Morgan fingerprint density at radius 2 is 1.34 bits per heavy atom. The van der Waals surface area contributed by atoms with Crippen LogP contribution in [0.1, 0.15) is 46.8 Å². The fourth-order valence-electron chi connectivity index (χ4n) is 4.32. The number of rotatable bonds is 15. The number of hydroxylamine groups is 2. The van der Waals surface area contributed by atoms with Gasteiger partial charge >= 0.3 is 0 Å². The largest absolute Gasteiger partial charge is 0.489 e. The molecule has 0 amide bonds. The van der Waals surface area contributed by atoms with Crippen molar-refractivity contribution in [2.45, 2.75) is 45.1 Å².